The van der Waals surface area contributed by atoms with Gasteiger partial charge in [0.1, 0.15) is 5.75 Å². The summed E-state index contributed by atoms with van der Waals surface area (Å²) in [7, 11) is 0. The Morgan fingerprint density at radius 1 is 1.16 bits per heavy atom. The molecular weight excluding hydrogens is 486 g/mol. The summed E-state index contributed by atoms with van der Waals surface area (Å²) in [5.74, 6) is -0.801. The molecule has 0 spiro atoms. The summed E-state index contributed by atoms with van der Waals surface area (Å²) in [5, 5.41) is 10.5. The molecule has 9 heteroatoms. The lowest BCUT2D eigenvalue weighted by molar-refractivity contribution is -0.148. The smallest absolute Gasteiger partial charge is 0.308 e. The number of nitrogens with two attached hydrogens (primary N) is 1. The van der Waals surface area contributed by atoms with Crippen LogP contribution in [0.2, 0.25) is 0 Å². The minimum Gasteiger partial charge on any atom is -0.493 e. The number of carboxylic acids is 1. The van der Waals surface area contributed by atoms with Gasteiger partial charge in [-0.25, -0.2) is 0 Å². The molecule has 1 aromatic rings. The molecule has 3 N–H and O–H groups in total. The van der Waals surface area contributed by atoms with Gasteiger partial charge in [0, 0.05) is 43.4 Å². The van der Waals surface area contributed by atoms with Crippen LogP contribution in [0.1, 0.15) is 63.5 Å². The third-order valence-corrected chi connectivity index (χ3v) is 8.27. The molecule has 0 aromatic heterocycles. The van der Waals surface area contributed by atoms with Gasteiger partial charge in [-0.15, -0.1) is 0 Å². The van der Waals surface area contributed by atoms with Gasteiger partial charge in [-0.2, -0.15) is 0 Å². The molecule has 3 heterocycles. The Hall–Kier alpha value is -2.20. The van der Waals surface area contributed by atoms with Gasteiger partial charge < -0.3 is 30.0 Å². The number of nitrogens with zero attached hydrogens (tertiary/aromatic N) is 2. The summed E-state index contributed by atoms with van der Waals surface area (Å²) in [6.45, 7) is 10.5. The van der Waals surface area contributed by atoms with Crippen molar-refractivity contribution in [2.24, 2.45) is 17.1 Å². The van der Waals surface area contributed by atoms with Crippen molar-refractivity contribution in [3.63, 3.8) is 0 Å². The molecule has 3 aliphatic rings. The van der Waals surface area contributed by atoms with E-state index in [2.05, 4.69) is 31.7 Å². The summed E-state index contributed by atoms with van der Waals surface area (Å²) >= 11 is 0. The average molecular weight is 532 g/mol. The van der Waals surface area contributed by atoms with Crippen molar-refractivity contribution in [2.45, 2.75) is 71.1 Å². The molecule has 1 aromatic carbocycles. The monoisotopic (exact) mass is 531 g/mol. The standard InChI is InChI=1S/C29H45N3O6/c1-4-5-11-31(12-6-10-30)25(33)19-32-18-22(20-7-8-24-21(16-20)9-13-36-24)26(27(34)35)23(32)17-29(2,3)28-37-14-15-38-28/h7-8,16,22-23,26,28H,4-6,9-15,17-19,30H2,1-3H3,(H,34,35)/t22-,23+,26?/m1/s1. The number of aliphatic carboxylic acids is 1. The lowest BCUT2D eigenvalue weighted by Gasteiger charge is -2.37. The van der Waals surface area contributed by atoms with Crippen molar-refractivity contribution in [3.8, 4) is 5.75 Å². The van der Waals surface area contributed by atoms with E-state index in [1.807, 2.05) is 17.0 Å². The fraction of sp³-hybridized carbons (Fsp3) is 0.724. The Morgan fingerprint density at radius 3 is 2.58 bits per heavy atom. The number of ether oxygens (including phenoxy) is 3. The molecule has 2 fully saturated rings. The van der Waals surface area contributed by atoms with E-state index in [0.29, 0.717) is 52.4 Å². The second-order valence-electron chi connectivity index (χ2n) is 11.6. The van der Waals surface area contributed by atoms with Crippen molar-refractivity contribution < 1.29 is 28.9 Å². The largest absolute Gasteiger partial charge is 0.493 e. The molecule has 3 aliphatic heterocycles. The minimum absolute atomic E-state index is 0.0372. The topological polar surface area (TPSA) is 115 Å². The van der Waals surface area contributed by atoms with Gasteiger partial charge in [0.15, 0.2) is 6.29 Å². The zero-order chi connectivity index (χ0) is 27.3. The highest BCUT2D eigenvalue weighted by Crippen LogP contribution is 2.45. The Kier molecular flexibility index (Phi) is 9.68. The average Bonchev–Trinajstić information content (AvgIpc) is 3.64. The second-order valence-corrected chi connectivity index (χ2v) is 11.6. The highest BCUT2D eigenvalue weighted by Gasteiger charge is 2.50. The summed E-state index contributed by atoms with van der Waals surface area (Å²) < 4.78 is 17.4. The normalized spacial score (nSPS) is 23.9. The molecule has 3 atom stereocenters. The van der Waals surface area contributed by atoms with E-state index in [9.17, 15) is 14.7 Å². The first-order chi connectivity index (χ1) is 18.2. The predicted octanol–water partition coefficient (Wildman–Crippen LogP) is 2.86. The number of unbranched alkanes of at least 4 members (excludes halogenated alkanes) is 1. The molecule has 2 saturated heterocycles. The van der Waals surface area contributed by atoms with Crippen molar-refractivity contribution >= 4 is 11.9 Å². The van der Waals surface area contributed by atoms with Crippen LogP contribution in [-0.4, -0.2) is 91.7 Å². The number of hydrogen-bond donors (Lipinski definition) is 2. The number of carboxylic acid groups (broad SMARTS) is 1. The molecule has 1 amide bonds. The molecule has 9 nitrogen and oxygen atoms in total. The first kappa shape index (κ1) is 28.8. The molecule has 4 rings (SSSR count). The fourth-order valence-electron chi connectivity index (χ4n) is 6.23. The number of hydrogen-bond acceptors (Lipinski definition) is 7. The molecule has 212 valence electrons. The van der Waals surface area contributed by atoms with E-state index >= 15 is 0 Å². The van der Waals surface area contributed by atoms with Crippen LogP contribution in [-0.2, 0) is 25.5 Å². The molecule has 0 radical (unpaired) electrons. The molecule has 38 heavy (non-hydrogen) atoms. The fourth-order valence-corrected chi connectivity index (χ4v) is 6.23. The van der Waals surface area contributed by atoms with Gasteiger partial charge in [0.25, 0.3) is 0 Å². The van der Waals surface area contributed by atoms with Crippen molar-refractivity contribution in [1.29, 1.82) is 0 Å². The predicted molar refractivity (Wildman–Crippen MR) is 144 cm³/mol. The molecule has 0 saturated carbocycles. The SMILES string of the molecule is CCCCN(CCCN)C(=O)CN1C[C@H](c2ccc3c(c2)CCO3)C(C(=O)O)[C@@H]1CC(C)(C)C1OCCO1. The maximum absolute atomic E-state index is 13.6. The van der Waals surface area contributed by atoms with E-state index in [4.69, 9.17) is 19.9 Å². The van der Waals surface area contributed by atoms with Crippen LogP contribution in [0, 0.1) is 11.3 Å². The van der Waals surface area contributed by atoms with Crippen LogP contribution >= 0.6 is 0 Å². The number of benzene rings is 1. The second kappa shape index (κ2) is 12.8. The van der Waals surface area contributed by atoms with Gasteiger partial charge in [0.2, 0.25) is 5.91 Å². The molecule has 0 bridgehead atoms. The van der Waals surface area contributed by atoms with Crippen LogP contribution in [0.3, 0.4) is 0 Å². The van der Waals surface area contributed by atoms with E-state index in [1.165, 1.54) is 0 Å². The van der Waals surface area contributed by atoms with E-state index < -0.39 is 23.6 Å². The van der Waals surface area contributed by atoms with E-state index in [1.54, 1.807) is 0 Å². The quantitative estimate of drug-likeness (QED) is 0.399. The number of rotatable bonds is 13. The van der Waals surface area contributed by atoms with Crippen LogP contribution in [0.25, 0.3) is 0 Å². The summed E-state index contributed by atoms with van der Waals surface area (Å²) in [4.78, 5) is 30.4. The zero-order valence-electron chi connectivity index (χ0n) is 23.2. The Balaban J connectivity index is 1.62. The van der Waals surface area contributed by atoms with Crippen LogP contribution in [0.5, 0.6) is 5.75 Å². The van der Waals surface area contributed by atoms with Crippen LogP contribution < -0.4 is 10.5 Å². The summed E-state index contributed by atoms with van der Waals surface area (Å²) in [6, 6.07) is 5.73. The Morgan fingerprint density at radius 2 is 1.89 bits per heavy atom. The number of carbonyl (C=O) groups is 2. The van der Waals surface area contributed by atoms with E-state index in [0.717, 1.165) is 42.6 Å². The zero-order valence-corrected chi connectivity index (χ0v) is 23.2. The maximum atomic E-state index is 13.6. The number of fused-ring (bicyclic) bond motifs is 1. The molecule has 1 unspecified atom stereocenters. The summed E-state index contributed by atoms with van der Waals surface area (Å²) in [5.41, 5.74) is 7.45. The third kappa shape index (κ3) is 6.50. The van der Waals surface area contributed by atoms with Crippen LogP contribution in [0.4, 0.5) is 0 Å². The van der Waals surface area contributed by atoms with Crippen molar-refractivity contribution in [3.05, 3.63) is 29.3 Å². The third-order valence-electron chi connectivity index (χ3n) is 8.27. The first-order valence-corrected chi connectivity index (χ1v) is 14.2. The maximum Gasteiger partial charge on any atom is 0.308 e. The van der Waals surface area contributed by atoms with Crippen molar-refractivity contribution in [1.82, 2.24) is 9.80 Å². The van der Waals surface area contributed by atoms with Gasteiger partial charge in [-0.1, -0.05) is 39.3 Å². The highest BCUT2D eigenvalue weighted by atomic mass is 16.7. The Labute approximate surface area is 226 Å². The van der Waals surface area contributed by atoms with Gasteiger partial charge in [0.05, 0.1) is 32.3 Å². The van der Waals surface area contributed by atoms with Crippen LogP contribution in [0.15, 0.2) is 18.2 Å². The molecule has 0 aliphatic carbocycles. The summed E-state index contributed by atoms with van der Waals surface area (Å²) in [6.07, 6.45) is 3.66. The highest BCUT2D eigenvalue weighted by molar-refractivity contribution is 5.79. The lowest BCUT2D eigenvalue weighted by Crippen LogP contribution is -2.47. The first-order valence-electron chi connectivity index (χ1n) is 14.2. The van der Waals surface area contributed by atoms with Crippen molar-refractivity contribution in [2.75, 3.05) is 52.5 Å². The molecular formula is C29H45N3O6. The number of likely N-dealkylation sites (tertiary alicyclic amines) is 1. The lowest BCUT2D eigenvalue weighted by atomic mass is 9.77. The van der Waals surface area contributed by atoms with Gasteiger partial charge in [-0.05, 0) is 43.0 Å². The van der Waals surface area contributed by atoms with E-state index in [-0.39, 0.29) is 24.4 Å². The number of amides is 1. The van der Waals surface area contributed by atoms with Gasteiger partial charge >= 0.3 is 5.97 Å². The Bertz CT molecular complexity index is 956. The van der Waals surface area contributed by atoms with Gasteiger partial charge in [-0.3, -0.25) is 14.5 Å². The number of carbonyl (C=O) groups excluding carboxylic acids is 1. The minimum atomic E-state index is -0.832.